The zero-order chi connectivity index (χ0) is 17.8. The third kappa shape index (κ3) is 3.52. The van der Waals surface area contributed by atoms with Crippen molar-refractivity contribution in [3.8, 4) is 11.5 Å². The lowest BCUT2D eigenvalue weighted by Crippen LogP contribution is -2.15. The molecule has 0 aliphatic carbocycles. The fourth-order valence-electron chi connectivity index (χ4n) is 2.08. The van der Waals surface area contributed by atoms with Crippen molar-refractivity contribution in [2.45, 2.75) is 0 Å². The number of esters is 1. The molecule has 0 aliphatic rings. The minimum absolute atomic E-state index is 0.0754. The fourth-order valence-corrected chi connectivity index (χ4v) is 2.08. The highest BCUT2D eigenvalue weighted by Gasteiger charge is 2.19. The summed E-state index contributed by atoms with van der Waals surface area (Å²) in [6.45, 7) is 0. The smallest absolute Gasteiger partial charge is 0.339 e. The molecule has 0 saturated heterocycles. The largest absolute Gasteiger partial charge is 0.465 e. The van der Waals surface area contributed by atoms with Gasteiger partial charge < -0.3 is 14.5 Å². The number of anilines is 1. The van der Waals surface area contributed by atoms with Crippen molar-refractivity contribution in [3.63, 3.8) is 0 Å². The Balaban J connectivity index is 1.81. The summed E-state index contributed by atoms with van der Waals surface area (Å²) in [6, 6.07) is 11.7. The van der Waals surface area contributed by atoms with Gasteiger partial charge in [-0.1, -0.05) is 12.1 Å². The van der Waals surface area contributed by atoms with Gasteiger partial charge in [0.25, 0.3) is 0 Å². The lowest BCUT2D eigenvalue weighted by molar-refractivity contribution is 0.0602. The van der Waals surface area contributed by atoms with Crippen molar-refractivity contribution in [1.82, 2.24) is 10.2 Å². The number of halogens is 1. The van der Waals surface area contributed by atoms with E-state index in [0.717, 1.165) is 0 Å². The first-order valence-electron chi connectivity index (χ1n) is 7.16. The van der Waals surface area contributed by atoms with Gasteiger partial charge in [0, 0.05) is 5.56 Å². The van der Waals surface area contributed by atoms with Crippen LogP contribution in [0.25, 0.3) is 11.5 Å². The van der Waals surface area contributed by atoms with E-state index in [9.17, 15) is 14.0 Å². The highest BCUT2D eigenvalue weighted by atomic mass is 19.1. The van der Waals surface area contributed by atoms with Crippen molar-refractivity contribution in [3.05, 3.63) is 65.8 Å². The Morgan fingerprint density at radius 3 is 2.52 bits per heavy atom. The van der Waals surface area contributed by atoms with Gasteiger partial charge in [-0.25, -0.2) is 9.18 Å². The zero-order valence-electron chi connectivity index (χ0n) is 13.0. The minimum atomic E-state index is -0.683. The van der Waals surface area contributed by atoms with Crippen LogP contribution >= 0.6 is 0 Å². The van der Waals surface area contributed by atoms with Crippen LogP contribution in [0.1, 0.15) is 21.0 Å². The van der Waals surface area contributed by atoms with E-state index >= 15 is 0 Å². The van der Waals surface area contributed by atoms with Gasteiger partial charge in [-0.3, -0.25) is 4.79 Å². The van der Waals surface area contributed by atoms with Crippen LogP contribution in [-0.4, -0.2) is 29.2 Å². The molecule has 0 bridgehead atoms. The van der Waals surface area contributed by atoms with Crippen LogP contribution in [0.3, 0.4) is 0 Å². The quantitative estimate of drug-likeness (QED) is 0.733. The minimum Gasteiger partial charge on any atom is -0.465 e. The number of nitrogens with zero attached hydrogens (tertiary/aromatic N) is 2. The number of carbonyl (C=O) groups excluding carboxylic acids is 2. The van der Waals surface area contributed by atoms with Crippen molar-refractivity contribution >= 4 is 17.6 Å². The van der Waals surface area contributed by atoms with E-state index in [0.29, 0.717) is 5.56 Å². The molecule has 0 aliphatic heterocycles. The van der Waals surface area contributed by atoms with E-state index in [1.54, 1.807) is 18.2 Å². The van der Waals surface area contributed by atoms with Crippen LogP contribution in [-0.2, 0) is 4.74 Å². The normalized spacial score (nSPS) is 10.3. The maximum absolute atomic E-state index is 12.9. The van der Waals surface area contributed by atoms with Gasteiger partial charge in [0.2, 0.25) is 5.89 Å². The zero-order valence-corrected chi connectivity index (χ0v) is 13.0. The Kier molecular flexibility index (Phi) is 4.51. The molecule has 0 saturated carbocycles. The Hall–Kier alpha value is -3.55. The summed E-state index contributed by atoms with van der Waals surface area (Å²) in [5.41, 5.74) is 0.917. The van der Waals surface area contributed by atoms with E-state index in [4.69, 9.17) is 4.42 Å². The number of hydrogen-bond acceptors (Lipinski definition) is 6. The molecule has 1 aromatic heterocycles. The fraction of sp³-hybridized carbons (Fsp3) is 0.0588. The topological polar surface area (TPSA) is 94.3 Å². The third-order valence-corrected chi connectivity index (χ3v) is 3.29. The van der Waals surface area contributed by atoms with Crippen molar-refractivity contribution in [2.24, 2.45) is 0 Å². The van der Waals surface area contributed by atoms with Gasteiger partial charge in [-0.05, 0) is 36.4 Å². The molecule has 3 aromatic rings. The molecule has 1 heterocycles. The summed E-state index contributed by atoms with van der Waals surface area (Å²) in [7, 11) is 1.24. The number of carbonyl (C=O) groups is 2. The standard InChI is InChI=1S/C17H12FN3O4/c1-24-17(23)12-4-2-3-5-13(12)19-14(22)16-21-20-15(25-16)10-6-8-11(18)9-7-10/h2-9H,1H3,(H,19,22). The average molecular weight is 341 g/mol. The Morgan fingerprint density at radius 2 is 1.80 bits per heavy atom. The molecule has 126 valence electrons. The highest BCUT2D eigenvalue weighted by Crippen LogP contribution is 2.20. The molecule has 0 spiro atoms. The molecule has 3 rings (SSSR count). The predicted octanol–water partition coefficient (Wildman–Crippen LogP) is 2.91. The van der Waals surface area contributed by atoms with Crippen molar-refractivity contribution in [2.75, 3.05) is 12.4 Å². The predicted molar refractivity (Wildman–Crippen MR) is 85.4 cm³/mol. The van der Waals surface area contributed by atoms with Crippen LogP contribution in [0.4, 0.5) is 10.1 Å². The number of benzene rings is 2. The van der Waals surface area contributed by atoms with E-state index in [1.807, 2.05) is 0 Å². The van der Waals surface area contributed by atoms with Crippen LogP contribution < -0.4 is 5.32 Å². The lowest BCUT2D eigenvalue weighted by Gasteiger charge is -2.07. The number of aromatic nitrogens is 2. The van der Waals surface area contributed by atoms with E-state index in [-0.39, 0.29) is 23.0 Å². The van der Waals surface area contributed by atoms with Gasteiger partial charge in [-0.15, -0.1) is 10.2 Å². The molecule has 1 amide bonds. The number of para-hydroxylation sites is 1. The summed E-state index contributed by atoms with van der Waals surface area (Å²) in [4.78, 5) is 24.0. The second-order valence-electron chi connectivity index (χ2n) is 4.91. The summed E-state index contributed by atoms with van der Waals surface area (Å²) in [5, 5.41) is 9.95. The van der Waals surface area contributed by atoms with Gasteiger partial charge >= 0.3 is 17.8 Å². The summed E-state index contributed by atoms with van der Waals surface area (Å²) < 4.78 is 22.9. The average Bonchev–Trinajstić information content (AvgIpc) is 3.12. The Morgan fingerprint density at radius 1 is 1.08 bits per heavy atom. The maximum atomic E-state index is 12.9. The summed E-state index contributed by atoms with van der Waals surface area (Å²) >= 11 is 0. The monoisotopic (exact) mass is 341 g/mol. The Labute approximate surface area is 141 Å². The molecule has 0 atom stereocenters. The van der Waals surface area contributed by atoms with Crippen LogP contribution in [0.2, 0.25) is 0 Å². The molecule has 8 heteroatoms. The number of amides is 1. The molecule has 0 unspecified atom stereocenters. The molecule has 7 nitrogen and oxygen atoms in total. The number of nitrogens with one attached hydrogen (secondary N) is 1. The lowest BCUT2D eigenvalue weighted by atomic mass is 10.2. The molecular formula is C17H12FN3O4. The molecule has 0 fully saturated rings. The molecule has 1 N–H and O–H groups in total. The third-order valence-electron chi connectivity index (χ3n) is 3.29. The summed E-state index contributed by atoms with van der Waals surface area (Å²) in [6.07, 6.45) is 0. The second kappa shape index (κ2) is 6.91. The first-order chi connectivity index (χ1) is 12.1. The maximum Gasteiger partial charge on any atom is 0.339 e. The number of hydrogen-bond donors (Lipinski definition) is 1. The van der Waals surface area contributed by atoms with Crippen molar-refractivity contribution in [1.29, 1.82) is 0 Å². The van der Waals surface area contributed by atoms with E-state index < -0.39 is 17.7 Å². The Bertz CT molecular complexity index is 922. The molecule has 25 heavy (non-hydrogen) atoms. The van der Waals surface area contributed by atoms with Gasteiger partial charge in [0.05, 0.1) is 18.4 Å². The van der Waals surface area contributed by atoms with Crippen molar-refractivity contribution < 1.29 is 23.1 Å². The van der Waals surface area contributed by atoms with E-state index in [1.165, 1.54) is 37.4 Å². The first-order valence-corrected chi connectivity index (χ1v) is 7.16. The van der Waals surface area contributed by atoms with Crippen LogP contribution in [0.15, 0.2) is 52.9 Å². The van der Waals surface area contributed by atoms with Crippen LogP contribution in [0, 0.1) is 5.82 Å². The SMILES string of the molecule is COC(=O)c1ccccc1NC(=O)c1nnc(-c2ccc(F)cc2)o1. The highest BCUT2D eigenvalue weighted by molar-refractivity contribution is 6.05. The van der Waals surface area contributed by atoms with Gasteiger partial charge in [-0.2, -0.15) is 0 Å². The number of rotatable bonds is 4. The summed E-state index contributed by atoms with van der Waals surface area (Å²) in [5.74, 6) is -1.89. The van der Waals surface area contributed by atoms with Gasteiger partial charge in [0.15, 0.2) is 0 Å². The number of ether oxygens (including phenoxy) is 1. The molecule has 0 radical (unpaired) electrons. The molecule has 2 aromatic carbocycles. The van der Waals surface area contributed by atoms with Gasteiger partial charge in [0.1, 0.15) is 5.82 Å². The number of methoxy groups -OCH3 is 1. The van der Waals surface area contributed by atoms with Crippen LogP contribution in [0.5, 0.6) is 0 Å². The van der Waals surface area contributed by atoms with E-state index in [2.05, 4.69) is 20.3 Å². The first kappa shape index (κ1) is 16.3. The molecular weight excluding hydrogens is 329 g/mol. The second-order valence-corrected chi connectivity index (χ2v) is 4.91.